The summed E-state index contributed by atoms with van der Waals surface area (Å²) in [5.41, 5.74) is 2.10. The van der Waals surface area contributed by atoms with Crippen molar-refractivity contribution in [3.63, 3.8) is 0 Å². The van der Waals surface area contributed by atoms with Crippen LogP contribution in [0.2, 0.25) is 0 Å². The predicted molar refractivity (Wildman–Crippen MR) is 99.4 cm³/mol. The lowest BCUT2D eigenvalue weighted by Gasteiger charge is -2.04. The van der Waals surface area contributed by atoms with Crippen LogP contribution in [0.1, 0.15) is 11.1 Å². The number of aromatic amines is 1. The van der Waals surface area contributed by atoms with E-state index in [4.69, 9.17) is 17.0 Å². The fourth-order valence-corrected chi connectivity index (χ4v) is 3.18. The monoisotopic (exact) mass is 356 g/mol. The Kier molecular flexibility index (Phi) is 5.45. The first kappa shape index (κ1) is 16.5. The second-order valence-electron chi connectivity index (χ2n) is 4.88. The molecule has 0 aliphatic rings. The van der Waals surface area contributed by atoms with Gasteiger partial charge in [-0.25, -0.2) is 5.10 Å². The van der Waals surface area contributed by atoms with Crippen LogP contribution >= 0.6 is 24.0 Å². The molecule has 0 saturated carbocycles. The number of thioether (sulfide) groups is 1. The predicted octanol–water partition coefficient (Wildman–Crippen LogP) is 4.12. The van der Waals surface area contributed by atoms with E-state index in [0.29, 0.717) is 4.77 Å². The molecule has 0 aliphatic heterocycles. The number of benzene rings is 2. The zero-order chi connectivity index (χ0) is 16.8. The molecule has 0 bridgehead atoms. The number of hydrogen-bond acceptors (Lipinski definition) is 5. The highest BCUT2D eigenvalue weighted by Crippen LogP contribution is 2.21. The molecule has 0 unspecified atom stereocenters. The van der Waals surface area contributed by atoms with Crippen LogP contribution in [0.15, 0.2) is 64.9 Å². The first-order valence-electron chi connectivity index (χ1n) is 7.29. The summed E-state index contributed by atoms with van der Waals surface area (Å²) in [6.07, 6.45) is 1.72. The average molecular weight is 356 g/mol. The number of H-pyrrole nitrogens is 1. The number of ether oxygens (including phenoxy) is 1. The first-order chi connectivity index (χ1) is 11.8. The SMILES string of the molecule is COc1ccccc1/C=N\n1c(SCc2ccccc2)n[nH]c1=S. The normalized spacial score (nSPS) is 11.0. The van der Waals surface area contributed by atoms with Crippen LogP contribution in [0.3, 0.4) is 0 Å². The van der Waals surface area contributed by atoms with E-state index in [1.54, 1.807) is 29.8 Å². The number of aromatic nitrogens is 3. The van der Waals surface area contributed by atoms with Gasteiger partial charge < -0.3 is 4.74 Å². The van der Waals surface area contributed by atoms with E-state index in [1.807, 2.05) is 42.5 Å². The maximum absolute atomic E-state index is 5.33. The lowest BCUT2D eigenvalue weighted by molar-refractivity contribution is 0.414. The second kappa shape index (κ2) is 7.94. The molecular formula is C17H16N4OS2. The molecule has 3 aromatic rings. The minimum absolute atomic E-state index is 0.455. The summed E-state index contributed by atoms with van der Waals surface area (Å²) in [5, 5.41) is 12.2. The Morgan fingerprint density at radius 1 is 1.21 bits per heavy atom. The van der Waals surface area contributed by atoms with Gasteiger partial charge in [0.15, 0.2) is 0 Å². The van der Waals surface area contributed by atoms with Crippen LogP contribution in [0.25, 0.3) is 0 Å². The highest BCUT2D eigenvalue weighted by atomic mass is 32.2. The van der Waals surface area contributed by atoms with Crippen molar-refractivity contribution in [2.45, 2.75) is 10.9 Å². The van der Waals surface area contributed by atoms with Crippen LogP contribution in [0.5, 0.6) is 5.75 Å². The molecule has 5 nitrogen and oxygen atoms in total. The first-order valence-corrected chi connectivity index (χ1v) is 8.69. The quantitative estimate of drug-likeness (QED) is 0.410. The molecule has 1 aromatic heterocycles. The number of nitrogens with one attached hydrogen (secondary N) is 1. The second-order valence-corrected chi connectivity index (χ2v) is 6.21. The van der Waals surface area contributed by atoms with E-state index in [9.17, 15) is 0 Å². The zero-order valence-corrected chi connectivity index (χ0v) is 14.7. The van der Waals surface area contributed by atoms with E-state index in [-0.39, 0.29) is 0 Å². The highest BCUT2D eigenvalue weighted by molar-refractivity contribution is 7.98. The molecule has 1 N–H and O–H groups in total. The molecule has 0 atom stereocenters. The Morgan fingerprint density at radius 3 is 2.75 bits per heavy atom. The molecule has 122 valence electrons. The summed E-state index contributed by atoms with van der Waals surface area (Å²) in [4.78, 5) is 0. The van der Waals surface area contributed by atoms with E-state index in [2.05, 4.69) is 27.4 Å². The minimum atomic E-state index is 0.455. The van der Waals surface area contributed by atoms with Crippen LogP contribution in [-0.4, -0.2) is 28.2 Å². The Hall–Kier alpha value is -2.38. The average Bonchev–Trinajstić information content (AvgIpc) is 2.99. The van der Waals surface area contributed by atoms with Crippen LogP contribution in [0, 0.1) is 4.77 Å². The van der Waals surface area contributed by atoms with E-state index < -0.39 is 0 Å². The lowest BCUT2D eigenvalue weighted by Crippen LogP contribution is -1.96. The Morgan fingerprint density at radius 2 is 1.96 bits per heavy atom. The van der Waals surface area contributed by atoms with Gasteiger partial charge in [0, 0.05) is 11.3 Å². The van der Waals surface area contributed by atoms with Gasteiger partial charge in [-0.3, -0.25) is 0 Å². The van der Waals surface area contributed by atoms with Crippen LogP contribution < -0.4 is 4.74 Å². The molecule has 0 amide bonds. The molecule has 7 heteroatoms. The van der Waals surface area contributed by atoms with Gasteiger partial charge in [-0.05, 0) is 29.9 Å². The molecule has 0 aliphatic carbocycles. The van der Waals surface area contributed by atoms with Crippen LogP contribution in [-0.2, 0) is 5.75 Å². The van der Waals surface area contributed by atoms with Crippen molar-refractivity contribution in [2.24, 2.45) is 5.10 Å². The molecule has 3 rings (SSSR count). The van der Waals surface area contributed by atoms with Gasteiger partial charge in [0.05, 0.1) is 13.3 Å². The van der Waals surface area contributed by atoms with Crippen molar-refractivity contribution in [1.29, 1.82) is 0 Å². The Labute approximate surface area is 149 Å². The van der Waals surface area contributed by atoms with Crippen molar-refractivity contribution >= 4 is 30.2 Å². The summed E-state index contributed by atoms with van der Waals surface area (Å²) in [5.74, 6) is 1.56. The zero-order valence-electron chi connectivity index (χ0n) is 13.0. The van der Waals surface area contributed by atoms with E-state index >= 15 is 0 Å². The van der Waals surface area contributed by atoms with E-state index in [0.717, 1.165) is 22.2 Å². The fourth-order valence-electron chi connectivity index (χ4n) is 2.09. The Balaban J connectivity index is 1.80. The summed E-state index contributed by atoms with van der Waals surface area (Å²) in [7, 11) is 1.64. The van der Waals surface area contributed by atoms with Gasteiger partial charge in [0.2, 0.25) is 9.93 Å². The van der Waals surface area contributed by atoms with Crippen molar-refractivity contribution < 1.29 is 4.74 Å². The Bertz CT molecular complexity index is 887. The van der Waals surface area contributed by atoms with Gasteiger partial charge in [-0.1, -0.05) is 54.2 Å². The van der Waals surface area contributed by atoms with E-state index in [1.165, 1.54) is 5.56 Å². The number of rotatable bonds is 6. The van der Waals surface area contributed by atoms with Crippen molar-refractivity contribution in [2.75, 3.05) is 7.11 Å². The smallest absolute Gasteiger partial charge is 0.217 e. The third-order valence-corrected chi connectivity index (χ3v) is 4.55. The topological polar surface area (TPSA) is 55.2 Å². The number of nitrogens with zero attached hydrogens (tertiary/aromatic N) is 3. The molecule has 0 fully saturated rings. The molecule has 0 radical (unpaired) electrons. The maximum Gasteiger partial charge on any atom is 0.217 e. The third kappa shape index (κ3) is 3.93. The molecule has 24 heavy (non-hydrogen) atoms. The van der Waals surface area contributed by atoms with Gasteiger partial charge in [0.25, 0.3) is 0 Å². The van der Waals surface area contributed by atoms with Crippen molar-refractivity contribution in [3.05, 3.63) is 70.5 Å². The summed E-state index contributed by atoms with van der Waals surface area (Å²) in [6.45, 7) is 0. The van der Waals surface area contributed by atoms with Gasteiger partial charge >= 0.3 is 0 Å². The fraction of sp³-hybridized carbons (Fsp3) is 0.118. The molecule has 0 spiro atoms. The number of para-hydroxylation sites is 1. The van der Waals surface area contributed by atoms with Crippen molar-refractivity contribution in [1.82, 2.24) is 14.9 Å². The third-order valence-electron chi connectivity index (χ3n) is 3.28. The van der Waals surface area contributed by atoms with Gasteiger partial charge in [-0.2, -0.15) is 9.78 Å². The lowest BCUT2D eigenvalue weighted by atomic mass is 10.2. The standard InChI is InChI=1S/C17H16N4OS2/c1-22-15-10-6-5-9-14(15)11-18-21-16(23)19-20-17(21)24-12-13-7-3-2-4-8-13/h2-11H,12H2,1H3,(H,19,23)/b18-11-. The molecule has 0 saturated heterocycles. The summed E-state index contributed by atoms with van der Waals surface area (Å²) < 4.78 is 7.40. The number of methoxy groups -OCH3 is 1. The van der Waals surface area contributed by atoms with Crippen molar-refractivity contribution in [3.8, 4) is 5.75 Å². The largest absolute Gasteiger partial charge is 0.496 e. The summed E-state index contributed by atoms with van der Waals surface area (Å²) >= 11 is 6.84. The van der Waals surface area contributed by atoms with Gasteiger partial charge in [0.1, 0.15) is 5.75 Å². The molecular weight excluding hydrogens is 340 g/mol. The molecule has 1 heterocycles. The maximum atomic E-state index is 5.33. The van der Waals surface area contributed by atoms with Gasteiger partial charge in [-0.15, -0.1) is 5.10 Å². The highest BCUT2D eigenvalue weighted by Gasteiger charge is 2.06. The number of hydrogen-bond donors (Lipinski definition) is 1. The molecule has 2 aromatic carbocycles. The summed E-state index contributed by atoms with van der Waals surface area (Å²) in [6, 6.07) is 17.9. The van der Waals surface area contributed by atoms with Crippen LogP contribution in [0.4, 0.5) is 0 Å². The minimum Gasteiger partial charge on any atom is -0.496 e.